The first-order valence-corrected chi connectivity index (χ1v) is 8.31. The third kappa shape index (κ3) is 2.67. The van der Waals surface area contributed by atoms with Crippen molar-refractivity contribution in [3.8, 4) is 0 Å². The minimum atomic E-state index is -1.46. The van der Waals surface area contributed by atoms with E-state index in [4.69, 9.17) is 5.11 Å². The molecule has 2 N–H and O–H groups in total. The van der Waals surface area contributed by atoms with Gasteiger partial charge in [-0.2, -0.15) is 0 Å². The van der Waals surface area contributed by atoms with E-state index in [1.807, 2.05) is 20.8 Å². The van der Waals surface area contributed by atoms with Gasteiger partial charge in [0.1, 0.15) is 11.4 Å². The summed E-state index contributed by atoms with van der Waals surface area (Å²) in [5.74, 6) is -0.665. The predicted molar refractivity (Wildman–Crippen MR) is 84.3 cm³/mol. The van der Waals surface area contributed by atoms with Crippen molar-refractivity contribution < 1.29 is 19.8 Å². The molecule has 2 aliphatic rings. The smallest absolute Gasteiger partial charge is 0.165 e. The predicted octanol–water partition coefficient (Wildman–Crippen LogP) is 2.42. The molecule has 0 amide bonds. The number of carbonyl (C=O) groups excluding carboxylic acids is 2. The molecule has 22 heavy (non-hydrogen) atoms. The number of allylic oxidation sites excluding steroid dienone is 2. The average molecular weight is 308 g/mol. The van der Waals surface area contributed by atoms with Crippen LogP contribution in [0.3, 0.4) is 0 Å². The highest BCUT2D eigenvalue weighted by Crippen LogP contribution is 2.58. The molecule has 0 radical (unpaired) electrons. The van der Waals surface area contributed by atoms with Crippen molar-refractivity contribution in [3.63, 3.8) is 0 Å². The van der Waals surface area contributed by atoms with Gasteiger partial charge in [0.25, 0.3) is 0 Å². The summed E-state index contributed by atoms with van der Waals surface area (Å²) < 4.78 is 0. The Morgan fingerprint density at radius 2 is 2.09 bits per heavy atom. The molecule has 4 heteroatoms. The van der Waals surface area contributed by atoms with E-state index in [1.165, 1.54) is 5.57 Å². The molecule has 2 aliphatic carbocycles. The van der Waals surface area contributed by atoms with Crippen molar-refractivity contribution in [2.75, 3.05) is 6.61 Å². The quantitative estimate of drug-likeness (QED) is 0.739. The van der Waals surface area contributed by atoms with Gasteiger partial charge in [0.05, 0.1) is 5.92 Å². The molecule has 2 saturated carbocycles. The number of rotatable bonds is 6. The molecule has 4 atom stereocenters. The van der Waals surface area contributed by atoms with Gasteiger partial charge in [-0.3, -0.25) is 9.59 Å². The van der Waals surface area contributed by atoms with Crippen LogP contribution in [0, 0.1) is 17.3 Å². The lowest BCUT2D eigenvalue weighted by molar-refractivity contribution is -0.149. The second-order valence-corrected chi connectivity index (χ2v) is 7.47. The van der Waals surface area contributed by atoms with E-state index >= 15 is 0 Å². The van der Waals surface area contributed by atoms with Crippen LogP contribution >= 0.6 is 0 Å². The van der Waals surface area contributed by atoms with Gasteiger partial charge in [-0.15, -0.1) is 0 Å². The van der Waals surface area contributed by atoms with Gasteiger partial charge in [-0.1, -0.05) is 25.5 Å². The Hall–Kier alpha value is -1.00. The van der Waals surface area contributed by atoms with Gasteiger partial charge in [0.15, 0.2) is 5.78 Å². The van der Waals surface area contributed by atoms with E-state index in [9.17, 15) is 14.7 Å². The molecular formula is C18H28O4. The Labute approximate surface area is 132 Å². The van der Waals surface area contributed by atoms with Gasteiger partial charge in [0.2, 0.25) is 0 Å². The van der Waals surface area contributed by atoms with Crippen LogP contribution in [0.1, 0.15) is 59.3 Å². The summed E-state index contributed by atoms with van der Waals surface area (Å²) in [5, 5.41) is 19.9. The van der Waals surface area contributed by atoms with E-state index in [1.54, 1.807) is 0 Å². The maximum absolute atomic E-state index is 12.3. The number of aliphatic hydroxyl groups excluding tert-OH is 1. The number of fused-ring (bicyclic) bond motifs is 1. The Morgan fingerprint density at radius 3 is 2.73 bits per heavy atom. The fourth-order valence-corrected chi connectivity index (χ4v) is 4.42. The van der Waals surface area contributed by atoms with Crippen molar-refractivity contribution in [1.29, 1.82) is 0 Å². The fraction of sp³-hybridized carbons (Fsp3) is 0.778. The normalized spacial score (nSPS) is 38.7. The largest absolute Gasteiger partial charge is 0.396 e. The lowest BCUT2D eigenvalue weighted by Gasteiger charge is -2.37. The summed E-state index contributed by atoms with van der Waals surface area (Å²) in [4.78, 5) is 24.7. The molecule has 0 aromatic carbocycles. The van der Waals surface area contributed by atoms with Crippen LogP contribution < -0.4 is 0 Å². The van der Waals surface area contributed by atoms with Gasteiger partial charge in [-0.25, -0.2) is 0 Å². The SMILES string of the molecule is C/C(=C\CC[C@]1(C)CC(=O)[C@H]2[C@@H](C)CC(=O)[C@]21O)CCCO. The zero-order valence-electron chi connectivity index (χ0n) is 13.9. The zero-order valence-corrected chi connectivity index (χ0v) is 13.9. The van der Waals surface area contributed by atoms with E-state index in [-0.39, 0.29) is 24.1 Å². The molecule has 2 rings (SSSR count). The van der Waals surface area contributed by atoms with Crippen LogP contribution in [-0.4, -0.2) is 34.0 Å². The maximum atomic E-state index is 12.3. The lowest BCUT2D eigenvalue weighted by atomic mass is 9.70. The standard InChI is InChI=1S/C18H28O4/c1-12(7-5-9-19)6-4-8-17(3)11-14(20)16-13(2)10-15(21)18(16,17)22/h6,13,16,19,22H,4-5,7-11H2,1-3H3/b12-6+/t13-,16+,17+,18-/m0/s1. The minimum Gasteiger partial charge on any atom is -0.396 e. The summed E-state index contributed by atoms with van der Waals surface area (Å²) in [6.07, 6.45) is 5.71. The first-order chi connectivity index (χ1) is 10.3. The van der Waals surface area contributed by atoms with Crippen molar-refractivity contribution in [1.82, 2.24) is 0 Å². The topological polar surface area (TPSA) is 74.6 Å². The van der Waals surface area contributed by atoms with Gasteiger partial charge in [-0.05, 0) is 38.5 Å². The monoisotopic (exact) mass is 308 g/mol. The molecule has 0 spiro atoms. The highest BCUT2D eigenvalue weighted by molar-refractivity contribution is 6.02. The number of aliphatic hydroxyl groups is 2. The molecule has 0 aromatic heterocycles. The van der Waals surface area contributed by atoms with Crippen LogP contribution in [0.4, 0.5) is 0 Å². The molecule has 0 saturated heterocycles. The van der Waals surface area contributed by atoms with Gasteiger partial charge >= 0.3 is 0 Å². The molecule has 0 bridgehead atoms. The number of hydrogen-bond acceptors (Lipinski definition) is 4. The van der Waals surface area contributed by atoms with E-state index in [0.29, 0.717) is 19.3 Å². The second kappa shape index (κ2) is 6.25. The Balaban J connectivity index is 2.10. The van der Waals surface area contributed by atoms with Crippen molar-refractivity contribution in [3.05, 3.63) is 11.6 Å². The number of hydrogen-bond donors (Lipinski definition) is 2. The van der Waals surface area contributed by atoms with Crippen molar-refractivity contribution in [2.45, 2.75) is 64.9 Å². The highest BCUT2D eigenvalue weighted by Gasteiger charge is 2.68. The van der Waals surface area contributed by atoms with E-state index in [2.05, 4.69) is 6.08 Å². The molecule has 0 unspecified atom stereocenters. The van der Waals surface area contributed by atoms with Crippen LogP contribution in [0.25, 0.3) is 0 Å². The third-order valence-corrected chi connectivity index (χ3v) is 5.70. The summed E-state index contributed by atoms with van der Waals surface area (Å²) in [6.45, 7) is 5.99. The Bertz CT molecular complexity index is 495. The molecule has 0 heterocycles. The van der Waals surface area contributed by atoms with Gasteiger partial charge in [0, 0.05) is 24.9 Å². The van der Waals surface area contributed by atoms with E-state index in [0.717, 1.165) is 19.3 Å². The number of carbonyl (C=O) groups is 2. The van der Waals surface area contributed by atoms with Crippen LogP contribution in [0.5, 0.6) is 0 Å². The molecule has 0 aliphatic heterocycles. The number of ketones is 2. The summed E-state index contributed by atoms with van der Waals surface area (Å²) in [6, 6.07) is 0. The number of Topliss-reactive ketones (excluding diaryl/α,β-unsaturated/α-hetero) is 2. The average Bonchev–Trinajstić information content (AvgIpc) is 2.79. The molecule has 0 aromatic rings. The first kappa shape index (κ1) is 17.4. The second-order valence-electron chi connectivity index (χ2n) is 7.47. The zero-order chi connectivity index (χ0) is 16.5. The summed E-state index contributed by atoms with van der Waals surface area (Å²) >= 11 is 0. The van der Waals surface area contributed by atoms with Crippen LogP contribution in [0.2, 0.25) is 0 Å². The minimum absolute atomic E-state index is 0.0457. The lowest BCUT2D eigenvalue weighted by Crippen LogP contribution is -2.50. The molecule has 4 nitrogen and oxygen atoms in total. The van der Waals surface area contributed by atoms with Crippen molar-refractivity contribution >= 4 is 11.6 Å². The fourth-order valence-electron chi connectivity index (χ4n) is 4.42. The van der Waals surface area contributed by atoms with Crippen molar-refractivity contribution in [2.24, 2.45) is 17.3 Å². The molecular weight excluding hydrogens is 280 g/mol. The molecule has 124 valence electrons. The first-order valence-electron chi connectivity index (χ1n) is 8.31. The maximum Gasteiger partial charge on any atom is 0.165 e. The third-order valence-electron chi connectivity index (χ3n) is 5.70. The highest BCUT2D eigenvalue weighted by atomic mass is 16.3. The van der Waals surface area contributed by atoms with Crippen LogP contribution in [-0.2, 0) is 9.59 Å². The Kier molecular flexibility index (Phi) is 4.93. The summed E-state index contributed by atoms with van der Waals surface area (Å²) in [7, 11) is 0. The van der Waals surface area contributed by atoms with E-state index < -0.39 is 16.9 Å². The molecule has 2 fully saturated rings. The summed E-state index contributed by atoms with van der Waals surface area (Å²) in [5.41, 5.74) is -0.905. The Morgan fingerprint density at radius 1 is 1.41 bits per heavy atom. The van der Waals surface area contributed by atoms with Crippen LogP contribution in [0.15, 0.2) is 11.6 Å². The van der Waals surface area contributed by atoms with Gasteiger partial charge < -0.3 is 10.2 Å².